The number of benzene rings is 1. The van der Waals surface area contributed by atoms with Crippen molar-refractivity contribution in [1.82, 2.24) is 5.32 Å². The van der Waals surface area contributed by atoms with E-state index < -0.39 is 24.0 Å². The molecular weight excluding hydrogens is 262 g/mol. The molecule has 0 radical (unpaired) electrons. The molecule has 0 unspecified atom stereocenters. The van der Waals surface area contributed by atoms with Crippen LogP contribution < -0.4 is 10.1 Å². The summed E-state index contributed by atoms with van der Waals surface area (Å²) in [5.74, 6) is -1.36. The fraction of sp³-hybridized carbons (Fsp3) is 0.429. The van der Waals surface area contributed by atoms with Gasteiger partial charge < -0.3 is 20.3 Å². The zero-order valence-corrected chi connectivity index (χ0v) is 11.7. The summed E-state index contributed by atoms with van der Waals surface area (Å²) in [6.45, 7) is 4.88. The normalized spacial score (nSPS) is 13.4. The van der Waals surface area contributed by atoms with Gasteiger partial charge in [0.25, 0.3) is 5.91 Å². The number of rotatable bonds is 6. The molecule has 0 saturated carbocycles. The minimum Gasteiger partial charge on any atom is -0.484 e. The number of aliphatic hydroxyl groups excluding tert-OH is 1. The zero-order valence-electron chi connectivity index (χ0n) is 11.7. The van der Waals surface area contributed by atoms with Crippen LogP contribution in [0.2, 0.25) is 0 Å². The Bertz CT molecular complexity index is 498. The maximum absolute atomic E-state index is 11.6. The van der Waals surface area contributed by atoms with Crippen LogP contribution in [0.5, 0.6) is 5.75 Å². The monoisotopic (exact) mass is 281 g/mol. The number of aryl methyl sites for hydroxylation is 2. The quantitative estimate of drug-likeness (QED) is 0.711. The van der Waals surface area contributed by atoms with E-state index in [-0.39, 0.29) is 6.61 Å². The molecule has 6 nitrogen and oxygen atoms in total. The average molecular weight is 281 g/mol. The number of aliphatic carboxylic acids is 1. The average Bonchev–Trinajstić information content (AvgIpc) is 2.36. The van der Waals surface area contributed by atoms with Gasteiger partial charge >= 0.3 is 5.97 Å². The topological polar surface area (TPSA) is 95.9 Å². The van der Waals surface area contributed by atoms with Crippen LogP contribution in [0.15, 0.2) is 18.2 Å². The zero-order chi connectivity index (χ0) is 15.3. The fourth-order valence-electron chi connectivity index (χ4n) is 1.56. The van der Waals surface area contributed by atoms with Gasteiger partial charge in [0, 0.05) is 0 Å². The minimum absolute atomic E-state index is 0.307. The smallest absolute Gasteiger partial charge is 0.328 e. The van der Waals surface area contributed by atoms with Crippen molar-refractivity contribution in [3.8, 4) is 5.75 Å². The number of amides is 1. The van der Waals surface area contributed by atoms with E-state index in [1.165, 1.54) is 6.92 Å². The van der Waals surface area contributed by atoms with Crippen LogP contribution in [0.1, 0.15) is 18.1 Å². The van der Waals surface area contributed by atoms with E-state index in [0.717, 1.165) is 11.1 Å². The molecule has 110 valence electrons. The second-order valence-corrected chi connectivity index (χ2v) is 4.66. The summed E-state index contributed by atoms with van der Waals surface area (Å²) in [6.07, 6.45) is -1.18. The first-order valence-electron chi connectivity index (χ1n) is 6.21. The molecule has 0 spiro atoms. The number of ether oxygens (including phenoxy) is 1. The van der Waals surface area contributed by atoms with Gasteiger partial charge in [-0.1, -0.05) is 6.07 Å². The van der Waals surface area contributed by atoms with E-state index >= 15 is 0 Å². The highest BCUT2D eigenvalue weighted by atomic mass is 16.5. The van der Waals surface area contributed by atoms with Gasteiger partial charge in [-0.05, 0) is 44.0 Å². The molecule has 0 bridgehead atoms. The van der Waals surface area contributed by atoms with Crippen LogP contribution in [0.25, 0.3) is 0 Å². The van der Waals surface area contributed by atoms with Crippen LogP contribution in [0, 0.1) is 13.8 Å². The Kier molecular flexibility index (Phi) is 5.52. The number of hydrogen-bond acceptors (Lipinski definition) is 4. The minimum atomic E-state index is -1.34. The van der Waals surface area contributed by atoms with Gasteiger partial charge in [0.15, 0.2) is 12.6 Å². The van der Waals surface area contributed by atoms with E-state index in [0.29, 0.717) is 5.75 Å². The lowest BCUT2D eigenvalue weighted by molar-refractivity contribution is -0.145. The molecule has 0 aromatic heterocycles. The SMILES string of the molecule is Cc1ccc(OCC(=O)N[C@H](C(=O)O)[C@@H](C)O)cc1C. The van der Waals surface area contributed by atoms with Gasteiger partial charge in [0.1, 0.15) is 5.75 Å². The predicted octanol–water partition coefficient (Wildman–Crippen LogP) is 0.632. The van der Waals surface area contributed by atoms with E-state index in [2.05, 4.69) is 5.32 Å². The van der Waals surface area contributed by atoms with Crippen molar-refractivity contribution in [3.63, 3.8) is 0 Å². The van der Waals surface area contributed by atoms with Crippen molar-refractivity contribution in [1.29, 1.82) is 0 Å². The summed E-state index contributed by atoms with van der Waals surface area (Å²) in [5, 5.41) is 20.3. The molecule has 1 rings (SSSR count). The third-order valence-corrected chi connectivity index (χ3v) is 2.91. The van der Waals surface area contributed by atoms with Gasteiger partial charge in [0.2, 0.25) is 0 Å². The van der Waals surface area contributed by atoms with Gasteiger partial charge in [-0.3, -0.25) is 4.79 Å². The standard InChI is InChI=1S/C14H19NO5/c1-8-4-5-11(6-9(8)2)20-7-12(17)15-13(10(3)16)14(18)19/h4-6,10,13,16H,7H2,1-3H3,(H,15,17)(H,18,19)/t10-,13+/m1/s1. The molecule has 1 amide bonds. The lowest BCUT2D eigenvalue weighted by Crippen LogP contribution is -2.49. The molecule has 20 heavy (non-hydrogen) atoms. The van der Waals surface area contributed by atoms with E-state index in [1.807, 2.05) is 19.9 Å². The first kappa shape index (κ1) is 16.0. The summed E-state index contributed by atoms with van der Waals surface area (Å²) in [6, 6.07) is 4.06. The molecule has 3 N–H and O–H groups in total. The number of hydrogen-bond donors (Lipinski definition) is 3. The Hall–Kier alpha value is -2.08. The molecule has 1 aromatic carbocycles. The third kappa shape index (κ3) is 4.55. The molecule has 0 aliphatic heterocycles. The summed E-state index contributed by atoms with van der Waals surface area (Å²) >= 11 is 0. The summed E-state index contributed by atoms with van der Waals surface area (Å²) < 4.78 is 5.28. The van der Waals surface area contributed by atoms with E-state index in [4.69, 9.17) is 9.84 Å². The maximum Gasteiger partial charge on any atom is 0.328 e. The highest BCUT2D eigenvalue weighted by molar-refractivity contribution is 5.84. The predicted molar refractivity (Wildman–Crippen MR) is 72.7 cm³/mol. The maximum atomic E-state index is 11.6. The van der Waals surface area contributed by atoms with Crippen LogP contribution in [-0.4, -0.2) is 40.8 Å². The molecule has 0 aliphatic carbocycles. The van der Waals surface area contributed by atoms with Gasteiger partial charge in [0.05, 0.1) is 6.10 Å². The van der Waals surface area contributed by atoms with Crippen molar-refractivity contribution >= 4 is 11.9 Å². The van der Waals surface area contributed by atoms with Gasteiger partial charge in [-0.25, -0.2) is 4.79 Å². The van der Waals surface area contributed by atoms with Crippen LogP contribution in [0.4, 0.5) is 0 Å². The van der Waals surface area contributed by atoms with Crippen molar-refractivity contribution < 1.29 is 24.5 Å². The lowest BCUT2D eigenvalue weighted by atomic mass is 10.1. The summed E-state index contributed by atoms with van der Waals surface area (Å²) in [7, 11) is 0. The Morgan fingerprint density at radius 2 is 1.95 bits per heavy atom. The third-order valence-electron chi connectivity index (χ3n) is 2.91. The molecule has 0 heterocycles. The van der Waals surface area contributed by atoms with Crippen molar-refractivity contribution in [3.05, 3.63) is 29.3 Å². The number of nitrogens with one attached hydrogen (secondary N) is 1. The Morgan fingerprint density at radius 3 is 2.45 bits per heavy atom. The molecule has 2 atom stereocenters. The molecule has 1 aromatic rings. The fourth-order valence-corrected chi connectivity index (χ4v) is 1.56. The molecule has 6 heteroatoms. The largest absolute Gasteiger partial charge is 0.484 e. The molecule has 0 fully saturated rings. The first-order chi connectivity index (χ1) is 9.31. The second-order valence-electron chi connectivity index (χ2n) is 4.66. The van der Waals surface area contributed by atoms with Crippen LogP contribution in [-0.2, 0) is 9.59 Å². The van der Waals surface area contributed by atoms with E-state index in [9.17, 15) is 14.7 Å². The summed E-state index contributed by atoms with van der Waals surface area (Å²) in [4.78, 5) is 22.4. The summed E-state index contributed by atoms with van der Waals surface area (Å²) in [5.41, 5.74) is 2.15. The Labute approximate surface area is 117 Å². The van der Waals surface area contributed by atoms with Crippen molar-refractivity contribution in [2.24, 2.45) is 0 Å². The Balaban J connectivity index is 2.54. The lowest BCUT2D eigenvalue weighted by Gasteiger charge is -2.17. The molecule has 0 saturated heterocycles. The number of carboxylic acids is 1. The van der Waals surface area contributed by atoms with Crippen molar-refractivity contribution in [2.75, 3.05) is 6.61 Å². The highest BCUT2D eigenvalue weighted by Gasteiger charge is 2.24. The molecular formula is C14H19NO5. The Morgan fingerprint density at radius 1 is 1.30 bits per heavy atom. The van der Waals surface area contributed by atoms with E-state index in [1.54, 1.807) is 12.1 Å². The molecule has 0 aliphatic rings. The highest BCUT2D eigenvalue weighted by Crippen LogP contribution is 2.16. The van der Waals surface area contributed by atoms with Crippen LogP contribution >= 0.6 is 0 Å². The van der Waals surface area contributed by atoms with Crippen LogP contribution in [0.3, 0.4) is 0 Å². The second kappa shape index (κ2) is 6.91. The number of carboxylic acid groups (broad SMARTS) is 1. The number of aliphatic hydroxyl groups is 1. The van der Waals surface area contributed by atoms with Gasteiger partial charge in [-0.2, -0.15) is 0 Å². The van der Waals surface area contributed by atoms with Gasteiger partial charge in [-0.15, -0.1) is 0 Å². The number of carbonyl (C=O) groups is 2. The van der Waals surface area contributed by atoms with Crippen molar-refractivity contribution in [2.45, 2.75) is 32.9 Å². The number of carbonyl (C=O) groups excluding carboxylic acids is 1. The first-order valence-corrected chi connectivity index (χ1v) is 6.21.